The number of phenols is 1. The Hall–Kier alpha value is -2.74. The molecule has 0 fully saturated rings. The highest BCUT2D eigenvalue weighted by Crippen LogP contribution is 2.35. The van der Waals surface area contributed by atoms with Crippen molar-refractivity contribution in [1.29, 1.82) is 0 Å². The minimum atomic E-state index is -0.0827. The minimum Gasteiger partial charge on any atom is -0.507 e. The molecule has 0 unspecified atom stereocenters. The van der Waals surface area contributed by atoms with Gasteiger partial charge in [-0.15, -0.1) is 0 Å². The highest BCUT2D eigenvalue weighted by Gasteiger charge is 2.20. The average molecular weight is 345 g/mol. The monoisotopic (exact) mass is 345 g/mol. The van der Waals surface area contributed by atoms with E-state index in [-0.39, 0.29) is 5.41 Å². The van der Waals surface area contributed by atoms with Crippen LogP contribution >= 0.6 is 0 Å². The highest BCUT2D eigenvalue weighted by atomic mass is 16.3. The number of nitrogens with zero attached hydrogens (tertiary/aromatic N) is 1. The predicted octanol–water partition coefficient (Wildman–Crippen LogP) is 5.99. The summed E-state index contributed by atoms with van der Waals surface area (Å²) in [6.07, 6.45) is 0. The average Bonchev–Trinajstić information content (AvgIpc) is 2.63. The van der Waals surface area contributed by atoms with Crippen LogP contribution in [0, 0.1) is 0 Å². The van der Waals surface area contributed by atoms with Crippen molar-refractivity contribution in [3.05, 3.63) is 83.9 Å². The maximum Gasteiger partial charge on any atom is 0.124 e. The molecule has 2 nitrogen and oxygen atoms in total. The van der Waals surface area contributed by atoms with E-state index in [0.29, 0.717) is 12.3 Å². The Bertz CT molecular complexity index is 878. The molecule has 0 saturated carbocycles. The lowest BCUT2D eigenvalue weighted by Crippen LogP contribution is -2.18. The summed E-state index contributed by atoms with van der Waals surface area (Å²) >= 11 is 0. The van der Waals surface area contributed by atoms with Gasteiger partial charge in [0.05, 0.1) is 0 Å². The molecule has 3 aromatic rings. The molecular formula is C24H27NO. The molecule has 0 aromatic heterocycles. The van der Waals surface area contributed by atoms with E-state index in [1.165, 1.54) is 11.1 Å². The highest BCUT2D eigenvalue weighted by molar-refractivity contribution is 5.78. The second kappa shape index (κ2) is 7.25. The molecule has 3 rings (SSSR count). The van der Waals surface area contributed by atoms with E-state index in [2.05, 4.69) is 81.2 Å². The van der Waals surface area contributed by atoms with Gasteiger partial charge in [-0.2, -0.15) is 0 Å². The summed E-state index contributed by atoms with van der Waals surface area (Å²) in [4.78, 5) is 2.20. The second-order valence-corrected chi connectivity index (χ2v) is 7.80. The molecule has 134 valence electrons. The molecule has 0 amide bonds. The molecule has 2 heteroatoms. The first kappa shape index (κ1) is 18.1. The predicted molar refractivity (Wildman–Crippen MR) is 111 cm³/mol. The standard InChI is InChI=1S/C24H27NO/c1-24(2,3)21-15-10-13-19(23(21)26)17-25(4)22-16-9-8-14-20(22)18-11-6-5-7-12-18/h5-16,26H,17H2,1-4H3. The van der Waals surface area contributed by atoms with Crippen molar-refractivity contribution < 1.29 is 5.11 Å². The van der Waals surface area contributed by atoms with Gasteiger partial charge in [-0.25, -0.2) is 0 Å². The quantitative estimate of drug-likeness (QED) is 0.627. The van der Waals surface area contributed by atoms with Crippen LogP contribution in [-0.2, 0) is 12.0 Å². The molecule has 0 bridgehead atoms. The minimum absolute atomic E-state index is 0.0827. The van der Waals surface area contributed by atoms with Gasteiger partial charge in [0.15, 0.2) is 0 Å². The number of phenolic OH excluding ortho intramolecular Hbond substituents is 1. The fourth-order valence-corrected chi connectivity index (χ4v) is 3.33. The lowest BCUT2D eigenvalue weighted by atomic mass is 9.85. The molecule has 1 N–H and O–H groups in total. The first-order valence-corrected chi connectivity index (χ1v) is 9.05. The van der Waals surface area contributed by atoms with Crippen LogP contribution < -0.4 is 4.90 Å². The van der Waals surface area contributed by atoms with Gasteiger partial charge in [-0.1, -0.05) is 87.5 Å². The van der Waals surface area contributed by atoms with Crippen molar-refractivity contribution in [3.8, 4) is 16.9 Å². The maximum absolute atomic E-state index is 10.8. The summed E-state index contributed by atoms with van der Waals surface area (Å²) in [5.74, 6) is 0.407. The Labute approximate surface area is 156 Å². The third-order valence-electron chi connectivity index (χ3n) is 4.74. The van der Waals surface area contributed by atoms with E-state index in [1.807, 2.05) is 24.3 Å². The maximum atomic E-state index is 10.8. The molecule has 0 aliphatic rings. The summed E-state index contributed by atoms with van der Waals surface area (Å²) in [5, 5.41) is 10.8. The SMILES string of the molecule is CN(Cc1cccc(C(C)(C)C)c1O)c1ccccc1-c1ccccc1. The Balaban J connectivity index is 1.95. The van der Waals surface area contributed by atoms with Crippen molar-refractivity contribution in [2.75, 3.05) is 11.9 Å². The van der Waals surface area contributed by atoms with Gasteiger partial charge in [0.25, 0.3) is 0 Å². The van der Waals surface area contributed by atoms with Crippen LogP contribution in [0.25, 0.3) is 11.1 Å². The summed E-state index contributed by atoms with van der Waals surface area (Å²) in [6.45, 7) is 7.03. The van der Waals surface area contributed by atoms with Crippen LogP contribution in [0.15, 0.2) is 72.8 Å². The molecule has 0 spiro atoms. The van der Waals surface area contributed by atoms with E-state index >= 15 is 0 Å². The van der Waals surface area contributed by atoms with E-state index in [4.69, 9.17) is 0 Å². The van der Waals surface area contributed by atoms with Gasteiger partial charge in [-0.3, -0.25) is 0 Å². The van der Waals surface area contributed by atoms with Crippen LogP contribution in [0.5, 0.6) is 5.75 Å². The first-order valence-electron chi connectivity index (χ1n) is 9.05. The van der Waals surface area contributed by atoms with Gasteiger partial charge < -0.3 is 10.0 Å². The Morgan fingerprint density at radius 2 is 1.46 bits per heavy atom. The number of benzene rings is 3. The van der Waals surface area contributed by atoms with Gasteiger partial charge in [-0.05, 0) is 22.6 Å². The number of para-hydroxylation sites is 2. The summed E-state index contributed by atoms with van der Waals surface area (Å²) < 4.78 is 0. The normalized spacial score (nSPS) is 11.4. The summed E-state index contributed by atoms with van der Waals surface area (Å²) in [5.41, 5.74) is 5.40. The second-order valence-electron chi connectivity index (χ2n) is 7.80. The Kier molecular flexibility index (Phi) is 5.03. The van der Waals surface area contributed by atoms with Gasteiger partial charge in [0.1, 0.15) is 5.75 Å². The fourth-order valence-electron chi connectivity index (χ4n) is 3.33. The fraction of sp³-hybridized carbons (Fsp3) is 0.250. The smallest absolute Gasteiger partial charge is 0.124 e. The third-order valence-corrected chi connectivity index (χ3v) is 4.74. The summed E-state index contributed by atoms with van der Waals surface area (Å²) in [7, 11) is 2.07. The topological polar surface area (TPSA) is 23.5 Å². The molecule has 0 radical (unpaired) electrons. The van der Waals surface area contributed by atoms with Gasteiger partial charge in [0.2, 0.25) is 0 Å². The van der Waals surface area contributed by atoms with Crippen LogP contribution in [-0.4, -0.2) is 12.2 Å². The lowest BCUT2D eigenvalue weighted by molar-refractivity contribution is 0.440. The molecular weight excluding hydrogens is 318 g/mol. The molecule has 0 aliphatic heterocycles. The number of hydrogen-bond acceptors (Lipinski definition) is 2. The zero-order chi connectivity index (χ0) is 18.7. The Morgan fingerprint density at radius 1 is 0.808 bits per heavy atom. The number of aromatic hydroxyl groups is 1. The van der Waals surface area contributed by atoms with Crippen molar-refractivity contribution in [2.45, 2.75) is 32.7 Å². The van der Waals surface area contributed by atoms with Crippen molar-refractivity contribution in [1.82, 2.24) is 0 Å². The largest absolute Gasteiger partial charge is 0.507 e. The van der Waals surface area contributed by atoms with Crippen molar-refractivity contribution in [3.63, 3.8) is 0 Å². The summed E-state index contributed by atoms with van der Waals surface area (Å²) in [6, 6.07) is 24.9. The van der Waals surface area contributed by atoms with E-state index in [9.17, 15) is 5.11 Å². The molecule has 26 heavy (non-hydrogen) atoms. The Morgan fingerprint density at radius 3 is 2.15 bits per heavy atom. The molecule has 0 atom stereocenters. The van der Waals surface area contributed by atoms with Crippen molar-refractivity contribution >= 4 is 5.69 Å². The molecule has 0 aliphatic carbocycles. The van der Waals surface area contributed by atoms with E-state index < -0.39 is 0 Å². The zero-order valence-electron chi connectivity index (χ0n) is 16.0. The molecule has 0 heterocycles. The molecule has 0 saturated heterocycles. The number of anilines is 1. The van der Waals surface area contributed by atoms with E-state index in [1.54, 1.807) is 0 Å². The van der Waals surface area contributed by atoms with Gasteiger partial charge in [0, 0.05) is 30.4 Å². The third kappa shape index (κ3) is 3.75. The zero-order valence-corrected chi connectivity index (χ0v) is 16.0. The van der Waals surface area contributed by atoms with Gasteiger partial charge >= 0.3 is 0 Å². The lowest BCUT2D eigenvalue weighted by Gasteiger charge is -2.26. The van der Waals surface area contributed by atoms with Crippen LogP contribution in [0.2, 0.25) is 0 Å². The van der Waals surface area contributed by atoms with Crippen LogP contribution in [0.1, 0.15) is 31.9 Å². The van der Waals surface area contributed by atoms with Crippen LogP contribution in [0.4, 0.5) is 5.69 Å². The van der Waals surface area contributed by atoms with Crippen LogP contribution in [0.3, 0.4) is 0 Å². The molecule has 3 aromatic carbocycles. The number of hydrogen-bond donors (Lipinski definition) is 1. The number of rotatable bonds is 4. The van der Waals surface area contributed by atoms with Crippen molar-refractivity contribution in [2.24, 2.45) is 0 Å². The van der Waals surface area contributed by atoms with E-state index in [0.717, 1.165) is 16.8 Å². The first-order chi connectivity index (χ1) is 12.4.